The van der Waals surface area contributed by atoms with Gasteiger partial charge in [-0.05, 0) is 42.8 Å². The van der Waals surface area contributed by atoms with Crippen molar-refractivity contribution in [3.05, 3.63) is 69.2 Å². The number of amides is 1. The predicted octanol–water partition coefficient (Wildman–Crippen LogP) is 4.73. The van der Waals surface area contributed by atoms with E-state index in [-0.39, 0.29) is 11.3 Å². The molecule has 118 valence electrons. The minimum absolute atomic E-state index is 0.0307. The van der Waals surface area contributed by atoms with E-state index in [0.29, 0.717) is 15.6 Å². The van der Waals surface area contributed by atoms with E-state index >= 15 is 0 Å². The zero-order valence-electron chi connectivity index (χ0n) is 12.1. The van der Waals surface area contributed by atoms with Crippen molar-refractivity contribution >= 4 is 46.8 Å². The van der Waals surface area contributed by atoms with Crippen LogP contribution in [0, 0.1) is 0 Å². The lowest BCUT2D eigenvalue weighted by Gasteiger charge is -2.08. The lowest BCUT2D eigenvalue weighted by atomic mass is 10.1. The van der Waals surface area contributed by atoms with E-state index < -0.39 is 11.9 Å². The molecule has 0 saturated carbocycles. The van der Waals surface area contributed by atoms with Crippen molar-refractivity contribution in [1.82, 2.24) is 0 Å². The van der Waals surface area contributed by atoms with Crippen molar-refractivity contribution in [2.24, 2.45) is 0 Å². The van der Waals surface area contributed by atoms with Crippen molar-refractivity contribution in [3.63, 3.8) is 0 Å². The van der Waals surface area contributed by atoms with Crippen molar-refractivity contribution in [1.29, 1.82) is 0 Å². The standard InChI is InChI=1S/C17H13Cl2NO3/c1-10(8-11-6-7-13(18)14(19)9-11)16(21)20-15-5-3-2-4-12(15)17(22)23/h2-9H,1H3,(H,20,21)(H,22,23)/b10-8+. The van der Waals surface area contributed by atoms with Crippen LogP contribution in [0.1, 0.15) is 22.8 Å². The topological polar surface area (TPSA) is 66.4 Å². The fourth-order valence-corrected chi connectivity index (χ4v) is 2.22. The predicted molar refractivity (Wildman–Crippen MR) is 92.1 cm³/mol. The summed E-state index contributed by atoms with van der Waals surface area (Å²) in [5.41, 5.74) is 1.40. The number of aromatic carboxylic acids is 1. The zero-order chi connectivity index (χ0) is 17.0. The van der Waals surface area contributed by atoms with Crippen LogP contribution in [-0.4, -0.2) is 17.0 Å². The van der Waals surface area contributed by atoms with Gasteiger partial charge < -0.3 is 10.4 Å². The van der Waals surface area contributed by atoms with Crippen LogP contribution >= 0.6 is 23.2 Å². The second-order valence-corrected chi connectivity index (χ2v) is 5.62. The molecule has 0 spiro atoms. The third-order valence-corrected chi connectivity index (χ3v) is 3.83. The number of carbonyl (C=O) groups is 2. The summed E-state index contributed by atoms with van der Waals surface area (Å²) in [5.74, 6) is -1.50. The normalized spacial score (nSPS) is 11.2. The first-order valence-electron chi connectivity index (χ1n) is 6.65. The Labute approximate surface area is 143 Å². The van der Waals surface area contributed by atoms with E-state index in [1.807, 2.05) is 0 Å². The molecular weight excluding hydrogens is 337 g/mol. The molecule has 0 unspecified atom stereocenters. The largest absolute Gasteiger partial charge is 0.478 e. The number of hydrogen-bond acceptors (Lipinski definition) is 2. The Bertz CT molecular complexity index is 800. The summed E-state index contributed by atoms with van der Waals surface area (Å²) in [6.07, 6.45) is 1.64. The lowest BCUT2D eigenvalue weighted by molar-refractivity contribution is -0.112. The van der Waals surface area contributed by atoms with Crippen LogP contribution < -0.4 is 5.32 Å². The molecule has 0 bridgehead atoms. The van der Waals surface area contributed by atoms with Crippen LogP contribution in [0.15, 0.2) is 48.0 Å². The molecule has 2 aromatic rings. The van der Waals surface area contributed by atoms with Gasteiger partial charge in [0.05, 0.1) is 21.3 Å². The number of rotatable bonds is 4. The molecule has 0 aromatic heterocycles. The highest BCUT2D eigenvalue weighted by Gasteiger charge is 2.12. The van der Waals surface area contributed by atoms with Gasteiger partial charge in [-0.2, -0.15) is 0 Å². The maximum atomic E-state index is 12.2. The summed E-state index contributed by atoms with van der Waals surface area (Å²) in [6.45, 7) is 1.63. The Morgan fingerprint density at radius 1 is 1.09 bits per heavy atom. The summed E-state index contributed by atoms with van der Waals surface area (Å²) >= 11 is 11.8. The molecule has 1 amide bonds. The van der Waals surface area contributed by atoms with Crippen LogP contribution in [0.3, 0.4) is 0 Å². The van der Waals surface area contributed by atoms with Crippen LogP contribution in [0.2, 0.25) is 10.0 Å². The van der Waals surface area contributed by atoms with Gasteiger partial charge in [0, 0.05) is 5.57 Å². The van der Waals surface area contributed by atoms with Gasteiger partial charge in [0.2, 0.25) is 0 Å². The lowest BCUT2D eigenvalue weighted by Crippen LogP contribution is -2.15. The molecule has 2 aromatic carbocycles. The Kier molecular flexibility index (Phi) is 5.42. The van der Waals surface area contributed by atoms with Gasteiger partial charge in [-0.1, -0.05) is 41.4 Å². The number of halogens is 2. The highest BCUT2D eigenvalue weighted by Crippen LogP contribution is 2.24. The molecule has 0 aliphatic carbocycles. The van der Waals surface area contributed by atoms with Crippen molar-refractivity contribution in [3.8, 4) is 0 Å². The van der Waals surface area contributed by atoms with Crippen LogP contribution in [0.25, 0.3) is 6.08 Å². The Morgan fingerprint density at radius 3 is 2.43 bits per heavy atom. The Balaban J connectivity index is 2.22. The van der Waals surface area contributed by atoms with E-state index in [0.717, 1.165) is 5.56 Å². The average molecular weight is 350 g/mol. The van der Waals surface area contributed by atoms with E-state index in [4.69, 9.17) is 28.3 Å². The summed E-state index contributed by atoms with van der Waals surface area (Å²) in [6, 6.07) is 11.2. The fourth-order valence-electron chi connectivity index (χ4n) is 1.92. The first kappa shape index (κ1) is 17.1. The van der Waals surface area contributed by atoms with Gasteiger partial charge in [0.25, 0.3) is 5.91 Å². The molecule has 0 fully saturated rings. The summed E-state index contributed by atoms with van der Waals surface area (Å²) in [4.78, 5) is 23.4. The van der Waals surface area contributed by atoms with Crippen LogP contribution in [0.5, 0.6) is 0 Å². The van der Waals surface area contributed by atoms with E-state index in [2.05, 4.69) is 5.32 Å². The number of nitrogens with one attached hydrogen (secondary N) is 1. The van der Waals surface area contributed by atoms with Gasteiger partial charge >= 0.3 is 5.97 Å². The maximum Gasteiger partial charge on any atom is 0.337 e. The van der Waals surface area contributed by atoms with Crippen molar-refractivity contribution < 1.29 is 14.7 Å². The molecule has 6 heteroatoms. The van der Waals surface area contributed by atoms with E-state index in [1.54, 1.807) is 43.3 Å². The molecule has 0 atom stereocenters. The number of hydrogen-bond donors (Lipinski definition) is 2. The first-order valence-corrected chi connectivity index (χ1v) is 7.41. The molecule has 2 rings (SSSR count). The van der Waals surface area contributed by atoms with Gasteiger partial charge in [0.1, 0.15) is 0 Å². The van der Waals surface area contributed by atoms with E-state index in [9.17, 15) is 9.59 Å². The van der Waals surface area contributed by atoms with Crippen molar-refractivity contribution in [2.45, 2.75) is 6.92 Å². The fraction of sp³-hybridized carbons (Fsp3) is 0.0588. The molecule has 0 radical (unpaired) electrons. The number of anilines is 1. The highest BCUT2D eigenvalue weighted by molar-refractivity contribution is 6.42. The molecule has 0 saturated heterocycles. The SMILES string of the molecule is C/C(=C\c1ccc(Cl)c(Cl)c1)C(=O)Nc1ccccc1C(=O)O. The maximum absolute atomic E-state index is 12.2. The van der Waals surface area contributed by atoms with Gasteiger partial charge in [0.15, 0.2) is 0 Å². The van der Waals surface area contributed by atoms with E-state index in [1.165, 1.54) is 12.1 Å². The highest BCUT2D eigenvalue weighted by atomic mass is 35.5. The quantitative estimate of drug-likeness (QED) is 0.783. The number of carboxylic acids is 1. The number of carbonyl (C=O) groups excluding carboxylic acids is 1. The smallest absolute Gasteiger partial charge is 0.337 e. The summed E-state index contributed by atoms with van der Waals surface area (Å²) < 4.78 is 0. The van der Waals surface area contributed by atoms with Crippen LogP contribution in [0.4, 0.5) is 5.69 Å². The molecule has 2 N–H and O–H groups in total. The Hall–Kier alpha value is -2.30. The van der Waals surface area contributed by atoms with Crippen molar-refractivity contribution in [2.75, 3.05) is 5.32 Å². The molecule has 4 nitrogen and oxygen atoms in total. The zero-order valence-corrected chi connectivity index (χ0v) is 13.7. The minimum Gasteiger partial charge on any atom is -0.478 e. The van der Waals surface area contributed by atoms with Crippen LogP contribution in [-0.2, 0) is 4.79 Å². The molecule has 23 heavy (non-hydrogen) atoms. The summed E-state index contributed by atoms with van der Waals surface area (Å²) in [5, 5.41) is 12.5. The average Bonchev–Trinajstić information content (AvgIpc) is 2.51. The third-order valence-electron chi connectivity index (χ3n) is 3.09. The molecule has 0 heterocycles. The number of para-hydroxylation sites is 1. The molecular formula is C17H13Cl2NO3. The molecule has 0 aliphatic rings. The van der Waals surface area contributed by atoms with Gasteiger partial charge in [-0.15, -0.1) is 0 Å². The second-order valence-electron chi connectivity index (χ2n) is 4.81. The van der Waals surface area contributed by atoms with Gasteiger partial charge in [-0.3, -0.25) is 4.79 Å². The minimum atomic E-state index is -1.10. The monoisotopic (exact) mass is 349 g/mol. The molecule has 0 aliphatic heterocycles. The third kappa shape index (κ3) is 4.34. The number of benzene rings is 2. The second kappa shape index (κ2) is 7.31. The number of carboxylic acid groups (broad SMARTS) is 1. The summed E-state index contributed by atoms with van der Waals surface area (Å²) in [7, 11) is 0. The first-order chi connectivity index (χ1) is 10.9. The van der Waals surface area contributed by atoms with Gasteiger partial charge in [-0.25, -0.2) is 4.79 Å². The Morgan fingerprint density at radius 2 is 1.78 bits per heavy atom.